The van der Waals surface area contributed by atoms with E-state index in [1.165, 1.54) is 0 Å². The number of hydrogen-bond donors (Lipinski definition) is 0. The van der Waals surface area contributed by atoms with E-state index in [0.29, 0.717) is 13.2 Å². The van der Waals surface area contributed by atoms with Crippen molar-refractivity contribution in [3.05, 3.63) is 94.0 Å². The third kappa shape index (κ3) is 10.7. The summed E-state index contributed by atoms with van der Waals surface area (Å²) in [5.41, 5.74) is 6.07. The summed E-state index contributed by atoms with van der Waals surface area (Å²) in [7, 11) is 0. The van der Waals surface area contributed by atoms with Crippen molar-refractivity contribution in [1.29, 1.82) is 0 Å². The number of aryl methyl sites for hydroxylation is 2. The van der Waals surface area contributed by atoms with Crippen LogP contribution in [0.25, 0.3) is 0 Å². The molecule has 40 heavy (non-hydrogen) atoms. The Hall–Kier alpha value is -4.50. The minimum atomic E-state index is 0.124. The van der Waals surface area contributed by atoms with E-state index in [9.17, 15) is 0 Å². The molecule has 2 nitrogen and oxygen atoms in total. The fourth-order valence-corrected chi connectivity index (χ4v) is 3.36. The summed E-state index contributed by atoms with van der Waals surface area (Å²) in [6, 6.07) is 19.7. The number of hydrogen-bond acceptors (Lipinski definition) is 2. The van der Waals surface area contributed by atoms with Gasteiger partial charge in [0.15, 0.2) is 0 Å². The first-order chi connectivity index (χ1) is 18.9. The van der Waals surface area contributed by atoms with Gasteiger partial charge in [-0.25, -0.2) is 0 Å². The van der Waals surface area contributed by atoms with Crippen molar-refractivity contribution < 1.29 is 9.47 Å². The Bertz CT molecular complexity index is 1440. The molecule has 0 radical (unpaired) electrons. The van der Waals surface area contributed by atoms with Gasteiger partial charge in [0.25, 0.3) is 0 Å². The molecule has 3 aromatic rings. The lowest BCUT2D eigenvalue weighted by atomic mass is 9.99. The fraction of sp³-hybridized carbons (Fsp3) is 0.316. The molecule has 0 unspecified atom stereocenters. The van der Waals surface area contributed by atoms with Gasteiger partial charge in [0.2, 0.25) is 0 Å². The van der Waals surface area contributed by atoms with Crippen LogP contribution in [0.15, 0.2) is 60.7 Å². The zero-order chi connectivity index (χ0) is 29.2. The second kappa shape index (κ2) is 13.5. The Balaban J connectivity index is 1.61. The molecule has 0 aliphatic heterocycles. The van der Waals surface area contributed by atoms with Crippen molar-refractivity contribution in [3.8, 4) is 58.9 Å². The highest BCUT2D eigenvalue weighted by Gasteiger charge is 2.11. The minimum absolute atomic E-state index is 0.124. The summed E-state index contributed by atoms with van der Waals surface area (Å²) in [5.74, 6) is 26.1. The topological polar surface area (TPSA) is 18.5 Å². The van der Waals surface area contributed by atoms with E-state index in [-0.39, 0.29) is 10.8 Å². The van der Waals surface area contributed by atoms with Gasteiger partial charge in [-0.1, -0.05) is 65.2 Å². The van der Waals surface area contributed by atoms with Gasteiger partial charge in [0, 0.05) is 22.3 Å². The lowest BCUT2D eigenvalue weighted by molar-refractivity contribution is 0.198. The first-order valence-electron chi connectivity index (χ1n) is 13.5. The maximum atomic E-state index is 5.82. The molecule has 0 bridgehead atoms. The second-order valence-corrected chi connectivity index (χ2v) is 12.2. The highest BCUT2D eigenvalue weighted by molar-refractivity contribution is 5.55. The standard InChI is InChI=1S/C38H38O2/c1-29-25-34(16-12-10-14-32-19-23-36(24-20-32)40-28-38(6,7)8)30(2)26-33(29)15-11-9-13-31-17-21-35(22-18-31)39-27-37(3,4)5/h17-26H,27-28H2,1-8H3. The lowest BCUT2D eigenvalue weighted by Crippen LogP contribution is -2.16. The van der Waals surface area contributed by atoms with Gasteiger partial charge < -0.3 is 9.47 Å². The predicted molar refractivity (Wildman–Crippen MR) is 166 cm³/mol. The molecular weight excluding hydrogens is 488 g/mol. The molecule has 0 amide bonds. The Kier molecular flexibility index (Phi) is 10.2. The van der Waals surface area contributed by atoms with Gasteiger partial charge in [0.05, 0.1) is 13.2 Å². The third-order valence-corrected chi connectivity index (χ3v) is 5.56. The molecule has 0 atom stereocenters. The number of rotatable bonds is 4. The van der Waals surface area contributed by atoms with Crippen LogP contribution in [0.4, 0.5) is 0 Å². The Morgan fingerprint density at radius 2 is 0.825 bits per heavy atom. The van der Waals surface area contributed by atoms with Crippen molar-refractivity contribution in [3.63, 3.8) is 0 Å². The van der Waals surface area contributed by atoms with E-state index in [1.54, 1.807) is 0 Å². The normalized spacial score (nSPS) is 10.4. The van der Waals surface area contributed by atoms with Crippen LogP contribution in [0.3, 0.4) is 0 Å². The molecule has 2 heteroatoms. The van der Waals surface area contributed by atoms with Crippen LogP contribution in [-0.4, -0.2) is 13.2 Å². The van der Waals surface area contributed by atoms with E-state index in [0.717, 1.165) is 44.9 Å². The zero-order valence-electron chi connectivity index (χ0n) is 25.0. The molecule has 202 valence electrons. The van der Waals surface area contributed by atoms with Crippen LogP contribution < -0.4 is 9.47 Å². The maximum Gasteiger partial charge on any atom is 0.119 e. The maximum absolute atomic E-state index is 5.82. The molecular formula is C38H38O2. The van der Waals surface area contributed by atoms with Crippen molar-refractivity contribution in [2.75, 3.05) is 13.2 Å². The fourth-order valence-electron chi connectivity index (χ4n) is 3.36. The SMILES string of the molecule is Cc1cc(C#CC#Cc2ccc(OCC(C)(C)C)cc2)c(C)cc1C#CC#Cc1ccc(OCC(C)(C)C)cc1. The first kappa shape index (κ1) is 30.0. The van der Waals surface area contributed by atoms with Gasteiger partial charge in [0.1, 0.15) is 11.5 Å². The molecule has 0 aliphatic carbocycles. The van der Waals surface area contributed by atoms with Gasteiger partial charge in [-0.2, -0.15) is 0 Å². The van der Waals surface area contributed by atoms with Crippen molar-refractivity contribution >= 4 is 0 Å². The summed E-state index contributed by atoms with van der Waals surface area (Å²) in [6.07, 6.45) is 0. The zero-order valence-corrected chi connectivity index (χ0v) is 25.0. The summed E-state index contributed by atoms with van der Waals surface area (Å²) in [6.45, 7) is 18.3. The molecule has 0 saturated carbocycles. The van der Waals surface area contributed by atoms with E-state index in [1.807, 2.05) is 62.4 Å². The van der Waals surface area contributed by atoms with Crippen LogP contribution in [0, 0.1) is 72.0 Å². The van der Waals surface area contributed by atoms with Crippen LogP contribution in [0.5, 0.6) is 11.5 Å². The van der Waals surface area contributed by atoms with E-state index in [4.69, 9.17) is 9.47 Å². The molecule has 0 N–H and O–H groups in total. The number of benzene rings is 3. The average molecular weight is 527 g/mol. The van der Waals surface area contributed by atoms with Crippen molar-refractivity contribution in [2.24, 2.45) is 10.8 Å². The van der Waals surface area contributed by atoms with Gasteiger partial charge in [-0.3, -0.25) is 0 Å². The monoisotopic (exact) mass is 526 g/mol. The molecule has 0 aromatic heterocycles. The van der Waals surface area contributed by atoms with Crippen molar-refractivity contribution in [2.45, 2.75) is 55.4 Å². The lowest BCUT2D eigenvalue weighted by Gasteiger charge is -2.18. The van der Waals surface area contributed by atoms with Crippen molar-refractivity contribution in [1.82, 2.24) is 0 Å². The highest BCUT2D eigenvalue weighted by atomic mass is 16.5. The van der Waals surface area contributed by atoms with Gasteiger partial charge in [-0.15, -0.1) is 0 Å². The molecule has 0 aliphatic rings. The van der Waals surface area contributed by atoms with E-state index < -0.39 is 0 Å². The quantitative estimate of drug-likeness (QED) is 0.321. The third-order valence-electron chi connectivity index (χ3n) is 5.56. The summed E-state index contributed by atoms with van der Waals surface area (Å²) >= 11 is 0. The summed E-state index contributed by atoms with van der Waals surface area (Å²) in [4.78, 5) is 0. The largest absolute Gasteiger partial charge is 0.493 e. The van der Waals surface area contributed by atoms with E-state index in [2.05, 4.69) is 101 Å². The average Bonchev–Trinajstić information content (AvgIpc) is 2.89. The minimum Gasteiger partial charge on any atom is -0.493 e. The molecule has 0 fully saturated rings. The summed E-state index contributed by atoms with van der Waals surface area (Å²) in [5, 5.41) is 0. The Labute approximate surface area is 241 Å². The Morgan fingerprint density at radius 1 is 0.500 bits per heavy atom. The van der Waals surface area contributed by atoms with Gasteiger partial charge in [-0.05, 0) is 120 Å². The predicted octanol–water partition coefficient (Wildman–Crippen LogP) is 7.96. The highest BCUT2D eigenvalue weighted by Crippen LogP contribution is 2.19. The van der Waals surface area contributed by atoms with Gasteiger partial charge >= 0.3 is 0 Å². The molecule has 3 aromatic carbocycles. The first-order valence-corrected chi connectivity index (χ1v) is 13.5. The summed E-state index contributed by atoms with van der Waals surface area (Å²) < 4.78 is 11.6. The smallest absolute Gasteiger partial charge is 0.119 e. The molecule has 0 saturated heterocycles. The van der Waals surface area contributed by atoms with Crippen LogP contribution in [0.1, 0.15) is 74.9 Å². The molecule has 0 spiro atoms. The van der Waals surface area contributed by atoms with Crippen LogP contribution in [-0.2, 0) is 0 Å². The second-order valence-electron chi connectivity index (χ2n) is 12.2. The van der Waals surface area contributed by atoms with E-state index >= 15 is 0 Å². The molecule has 0 heterocycles. The Morgan fingerprint density at radius 3 is 1.15 bits per heavy atom. The van der Waals surface area contributed by atoms with Crippen LogP contribution in [0.2, 0.25) is 0 Å². The number of ether oxygens (including phenoxy) is 2. The van der Waals surface area contributed by atoms with Crippen LogP contribution >= 0.6 is 0 Å². The molecule has 3 rings (SSSR count).